The lowest BCUT2D eigenvalue weighted by atomic mass is 9.96. The molecule has 0 spiro atoms. The SMILES string of the molecule is Cc1cccc([N+](=O)[O-])c1N1CCCC(CNC(C)C)C1. The predicted molar refractivity (Wildman–Crippen MR) is 85.9 cm³/mol. The number of benzene rings is 1. The molecule has 1 saturated heterocycles. The predicted octanol–water partition coefficient (Wildman–Crippen LogP) is 3.12. The Morgan fingerprint density at radius 1 is 1.48 bits per heavy atom. The van der Waals surface area contributed by atoms with E-state index < -0.39 is 0 Å². The molecule has 0 bridgehead atoms. The lowest BCUT2D eigenvalue weighted by Gasteiger charge is -2.35. The second-order valence-electron chi connectivity index (χ2n) is 6.22. The molecule has 1 N–H and O–H groups in total. The average Bonchev–Trinajstić information content (AvgIpc) is 2.45. The fourth-order valence-corrected chi connectivity index (χ4v) is 3.04. The zero-order valence-corrected chi connectivity index (χ0v) is 13.1. The van der Waals surface area contributed by atoms with Gasteiger partial charge in [-0.2, -0.15) is 0 Å². The van der Waals surface area contributed by atoms with Crippen LogP contribution in [0.3, 0.4) is 0 Å². The van der Waals surface area contributed by atoms with E-state index in [1.807, 2.05) is 13.0 Å². The van der Waals surface area contributed by atoms with E-state index >= 15 is 0 Å². The van der Waals surface area contributed by atoms with E-state index in [1.165, 1.54) is 6.42 Å². The third-order valence-corrected chi connectivity index (χ3v) is 4.06. The van der Waals surface area contributed by atoms with Crippen molar-refractivity contribution in [3.63, 3.8) is 0 Å². The summed E-state index contributed by atoms with van der Waals surface area (Å²) in [6, 6.07) is 5.81. The first kappa shape index (κ1) is 15.8. The molecule has 5 nitrogen and oxygen atoms in total. The molecule has 1 aromatic rings. The van der Waals surface area contributed by atoms with Crippen molar-refractivity contribution in [1.29, 1.82) is 0 Å². The molecule has 0 radical (unpaired) electrons. The Morgan fingerprint density at radius 2 is 2.24 bits per heavy atom. The van der Waals surface area contributed by atoms with E-state index in [9.17, 15) is 10.1 Å². The van der Waals surface area contributed by atoms with Crippen molar-refractivity contribution in [3.8, 4) is 0 Å². The smallest absolute Gasteiger partial charge is 0.292 e. The van der Waals surface area contributed by atoms with Crippen LogP contribution in [0, 0.1) is 23.0 Å². The van der Waals surface area contributed by atoms with Crippen molar-refractivity contribution < 1.29 is 4.92 Å². The number of nitrogens with zero attached hydrogens (tertiary/aromatic N) is 2. The topological polar surface area (TPSA) is 58.4 Å². The lowest BCUT2D eigenvalue weighted by molar-refractivity contribution is -0.384. The number of hydrogen-bond acceptors (Lipinski definition) is 4. The molecule has 1 aromatic carbocycles. The lowest BCUT2D eigenvalue weighted by Crippen LogP contribution is -2.41. The summed E-state index contributed by atoms with van der Waals surface area (Å²) in [4.78, 5) is 13.2. The largest absolute Gasteiger partial charge is 0.365 e. The first-order valence-electron chi connectivity index (χ1n) is 7.71. The van der Waals surface area contributed by atoms with E-state index in [0.29, 0.717) is 12.0 Å². The standard InChI is InChI=1S/C16H25N3O2/c1-12(2)17-10-14-7-5-9-18(11-14)16-13(3)6-4-8-15(16)19(20)21/h4,6,8,12,14,17H,5,7,9-11H2,1-3H3. The summed E-state index contributed by atoms with van der Waals surface area (Å²) < 4.78 is 0. The van der Waals surface area contributed by atoms with Gasteiger partial charge in [-0.05, 0) is 37.8 Å². The quantitative estimate of drug-likeness (QED) is 0.669. The number of nitro benzene ring substituents is 1. The van der Waals surface area contributed by atoms with Gasteiger partial charge in [0.25, 0.3) is 5.69 Å². The van der Waals surface area contributed by atoms with Gasteiger partial charge in [-0.25, -0.2) is 0 Å². The molecule has 0 aromatic heterocycles. The maximum atomic E-state index is 11.3. The summed E-state index contributed by atoms with van der Waals surface area (Å²) in [7, 11) is 0. The fraction of sp³-hybridized carbons (Fsp3) is 0.625. The van der Waals surface area contributed by atoms with E-state index in [0.717, 1.165) is 37.3 Å². The summed E-state index contributed by atoms with van der Waals surface area (Å²) in [6.45, 7) is 9.03. The van der Waals surface area contributed by atoms with E-state index in [2.05, 4.69) is 24.1 Å². The van der Waals surface area contributed by atoms with E-state index in [-0.39, 0.29) is 10.6 Å². The summed E-state index contributed by atoms with van der Waals surface area (Å²) in [5.41, 5.74) is 2.02. The molecular weight excluding hydrogens is 266 g/mol. The van der Waals surface area contributed by atoms with Gasteiger partial charge in [-0.15, -0.1) is 0 Å². The summed E-state index contributed by atoms with van der Waals surface area (Å²) >= 11 is 0. The molecule has 5 heteroatoms. The van der Waals surface area contributed by atoms with E-state index in [1.54, 1.807) is 12.1 Å². The minimum atomic E-state index is -0.266. The van der Waals surface area contributed by atoms with Gasteiger partial charge in [0, 0.05) is 25.2 Å². The maximum absolute atomic E-state index is 11.3. The summed E-state index contributed by atoms with van der Waals surface area (Å²) in [5, 5.41) is 14.8. The highest BCUT2D eigenvalue weighted by molar-refractivity contribution is 5.67. The maximum Gasteiger partial charge on any atom is 0.292 e. The van der Waals surface area contributed by atoms with Gasteiger partial charge >= 0.3 is 0 Å². The number of para-hydroxylation sites is 1. The van der Waals surface area contributed by atoms with Crippen LogP contribution in [0.4, 0.5) is 11.4 Å². The highest BCUT2D eigenvalue weighted by Crippen LogP contribution is 2.34. The summed E-state index contributed by atoms with van der Waals surface area (Å²) in [6.07, 6.45) is 2.28. The zero-order chi connectivity index (χ0) is 15.4. The second kappa shape index (κ2) is 6.89. The third kappa shape index (κ3) is 3.94. The van der Waals surface area contributed by atoms with Crippen molar-refractivity contribution in [2.24, 2.45) is 5.92 Å². The van der Waals surface area contributed by atoms with Crippen LogP contribution >= 0.6 is 0 Å². The zero-order valence-electron chi connectivity index (χ0n) is 13.1. The number of anilines is 1. The molecule has 0 aliphatic carbocycles. The first-order valence-corrected chi connectivity index (χ1v) is 7.71. The van der Waals surface area contributed by atoms with Gasteiger partial charge < -0.3 is 10.2 Å². The van der Waals surface area contributed by atoms with Crippen LogP contribution in [0.2, 0.25) is 0 Å². The molecule has 116 valence electrons. The molecule has 0 amide bonds. The van der Waals surface area contributed by atoms with Crippen molar-refractivity contribution >= 4 is 11.4 Å². The van der Waals surface area contributed by atoms with Gasteiger partial charge in [0.15, 0.2) is 0 Å². The van der Waals surface area contributed by atoms with Crippen LogP contribution in [-0.2, 0) is 0 Å². The van der Waals surface area contributed by atoms with Crippen molar-refractivity contribution in [2.45, 2.75) is 39.7 Å². The monoisotopic (exact) mass is 291 g/mol. The fourth-order valence-electron chi connectivity index (χ4n) is 3.04. The number of rotatable bonds is 5. The Bertz CT molecular complexity index is 502. The molecule has 2 rings (SSSR count). The molecule has 0 saturated carbocycles. The van der Waals surface area contributed by atoms with Crippen LogP contribution in [0.25, 0.3) is 0 Å². The normalized spacial score (nSPS) is 19.0. The molecule has 1 fully saturated rings. The van der Waals surface area contributed by atoms with Crippen molar-refractivity contribution in [2.75, 3.05) is 24.5 Å². The van der Waals surface area contributed by atoms with E-state index in [4.69, 9.17) is 0 Å². The Morgan fingerprint density at radius 3 is 2.90 bits per heavy atom. The van der Waals surface area contributed by atoms with Crippen LogP contribution in [-0.4, -0.2) is 30.6 Å². The number of piperidine rings is 1. The van der Waals surface area contributed by atoms with Gasteiger partial charge in [-0.1, -0.05) is 26.0 Å². The van der Waals surface area contributed by atoms with Gasteiger partial charge in [0.2, 0.25) is 0 Å². The number of hydrogen-bond donors (Lipinski definition) is 1. The molecule has 1 atom stereocenters. The third-order valence-electron chi connectivity index (χ3n) is 4.06. The average molecular weight is 291 g/mol. The second-order valence-corrected chi connectivity index (χ2v) is 6.22. The van der Waals surface area contributed by atoms with Crippen molar-refractivity contribution in [1.82, 2.24) is 5.32 Å². The minimum Gasteiger partial charge on any atom is -0.365 e. The van der Waals surface area contributed by atoms with Crippen LogP contribution in [0.5, 0.6) is 0 Å². The minimum absolute atomic E-state index is 0.229. The highest BCUT2D eigenvalue weighted by Gasteiger charge is 2.26. The van der Waals surface area contributed by atoms with Gasteiger partial charge in [-0.3, -0.25) is 10.1 Å². The Balaban J connectivity index is 2.16. The molecule has 21 heavy (non-hydrogen) atoms. The Hall–Kier alpha value is -1.62. The summed E-state index contributed by atoms with van der Waals surface area (Å²) in [5.74, 6) is 0.556. The number of nitrogens with one attached hydrogen (secondary N) is 1. The molecule has 1 aliphatic heterocycles. The van der Waals surface area contributed by atoms with Crippen LogP contribution < -0.4 is 10.2 Å². The Labute approximate surface area is 126 Å². The van der Waals surface area contributed by atoms with Crippen LogP contribution in [0.1, 0.15) is 32.3 Å². The molecule has 1 heterocycles. The van der Waals surface area contributed by atoms with Crippen LogP contribution in [0.15, 0.2) is 18.2 Å². The first-order chi connectivity index (χ1) is 9.99. The molecular formula is C16H25N3O2. The molecule has 1 unspecified atom stereocenters. The number of aryl methyl sites for hydroxylation is 1. The highest BCUT2D eigenvalue weighted by atomic mass is 16.6. The van der Waals surface area contributed by atoms with Gasteiger partial charge in [0.05, 0.1) is 4.92 Å². The Kier molecular flexibility index (Phi) is 5.17. The van der Waals surface area contributed by atoms with Gasteiger partial charge in [0.1, 0.15) is 5.69 Å². The van der Waals surface area contributed by atoms with Crippen molar-refractivity contribution in [3.05, 3.63) is 33.9 Å². The molecule has 1 aliphatic rings. The number of nitro groups is 1.